The molecule has 0 aliphatic carbocycles. The highest BCUT2D eigenvalue weighted by molar-refractivity contribution is 9.10. The number of aromatic nitrogens is 3. The number of carbonyl (C=O) groups excluding carboxylic acids is 1. The average molecular weight is 456 g/mol. The summed E-state index contributed by atoms with van der Waals surface area (Å²) in [5.74, 6) is -0.456. The number of benzene rings is 1. The molecule has 1 aromatic carbocycles. The van der Waals surface area contributed by atoms with Crippen molar-refractivity contribution in [2.24, 2.45) is 5.92 Å². The van der Waals surface area contributed by atoms with E-state index in [1.807, 2.05) is 19.1 Å². The van der Waals surface area contributed by atoms with Crippen LogP contribution in [-0.2, 0) is 14.8 Å². The molecule has 1 saturated heterocycles. The lowest BCUT2D eigenvalue weighted by atomic mass is 9.98. The average Bonchev–Trinajstić information content (AvgIpc) is 3.16. The summed E-state index contributed by atoms with van der Waals surface area (Å²) in [4.78, 5) is 16.8. The molecule has 1 aliphatic rings. The maximum absolute atomic E-state index is 12.8. The van der Waals surface area contributed by atoms with Crippen LogP contribution in [0.15, 0.2) is 35.3 Å². The van der Waals surface area contributed by atoms with Gasteiger partial charge in [0, 0.05) is 17.6 Å². The third-order valence-corrected chi connectivity index (χ3v) is 7.03. The molecule has 2 heterocycles. The van der Waals surface area contributed by atoms with Gasteiger partial charge in [0.15, 0.2) is 0 Å². The number of amides is 1. The zero-order valence-electron chi connectivity index (χ0n) is 15.0. The predicted octanol–water partition coefficient (Wildman–Crippen LogP) is 2.42. The first-order chi connectivity index (χ1) is 12.9. The van der Waals surface area contributed by atoms with Crippen molar-refractivity contribution in [2.45, 2.75) is 26.2 Å². The number of carbonyl (C=O) groups is 1. The number of anilines is 1. The summed E-state index contributed by atoms with van der Waals surface area (Å²) in [7, 11) is -3.30. The highest BCUT2D eigenvalue weighted by Crippen LogP contribution is 2.27. The summed E-state index contributed by atoms with van der Waals surface area (Å²) in [6.45, 7) is 2.54. The maximum atomic E-state index is 12.8. The lowest BCUT2D eigenvalue weighted by molar-refractivity contribution is -0.120. The van der Waals surface area contributed by atoms with Crippen LogP contribution >= 0.6 is 15.9 Å². The minimum atomic E-state index is -3.30. The molecular formula is C17H22BrN5O3S. The molecule has 3 rings (SSSR count). The van der Waals surface area contributed by atoms with Gasteiger partial charge in [-0.15, -0.1) is 0 Å². The first kappa shape index (κ1) is 20.0. The fraction of sp³-hybridized carbons (Fsp3) is 0.471. The Morgan fingerprint density at radius 2 is 2.22 bits per heavy atom. The molecule has 1 aromatic heterocycles. The van der Waals surface area contributed by atoms with Crippen molar-refractivity contribution in [1.82, 2.24) is 19.1 Å². The number of rotatable bonds is 6. The second-order valence-electron chi connectivity index (χ2n) is 6.50. The van der Waals surface area contributed by atoms with Crippen LogP contribution in [0.3, 0.4) is 0 Å². The third kappa shape index (κ3) is 4.74. The molecule has 0 saturated carbocycles. The summed E-state index contributed by atoms with van der Waals surface area (Å²) in [6.07, 6.45) is 4.88. The fourth-order valence-electron chi connectivity index (χ4n) is 3.17. The Morgan fingerprint density at radius 1 is 1.41 bits per heavy atom. The molecule has 1 atom stereocenters. The van der Waals surface area contributed by atoms with E-state index in [2.05, 4.69) is 31.3 Å². The smallest absolute Gasteiger partial charge is 0.228 e. The molecule has 2 aromatic rings. The van der Waals surface area contributed by atoms with Crippen LogP contribution in [0.2, 0.25) is 0 Å². The molecule has 1 unspecified atom stereocenters. The van der Waals surface area contributed by atoms with Gasteiger partial charge in [0.2, 0.25) is 15.9 Å². The van der Waals surface area contributed by atoms with Crippen molar-refractivity contribution in [3.63, 3.8) is 0 Å². The molecule has 27 heavy (non-hydrogen) atoms. The van der Waals surface area contributed by atoms with Crippen LogP contribution in [0.25, 0.3) is 5.69 Å². The molecule has 10 heteroatoms. The van der Waals surface area contributed by atoms with Gasteiger partial charge < -0.3 is 5.32 Å². The molecule has 8 nitrogen and oxygen atoms in total. The van der Waals surface area contributed by atoms with E-state index in [9.17, 15) is 13.2 Å². The first-order valence-electron chi connectivity index (χ1n) is 8.84. The molecule has 0 spiro atoms. The van der Waals surface area contributed by atoms with E-state index in [-0.39, 0.29) is 24.1 Å². The van der Waals surface area contributed by atoms with Crippen molar-refractivity contribution < 1.29 is 13.2 Å². The zero-order chi connectivity index (χ0) is 19.4. The number of nitrogens with zero attached hydrogens (tertiary/aromatic N) is 4. The Hall–Kier alpha value is -1.78. The van der Waals surface area contributed by atoms with Gasteiger partial charge in [-0.05, 0) is 37.5 Å². The molecule has 1 fully saturated rings. The van der Waals surface area contributed by atoms with Crippen molar-refractivity contribution in [2.75, 3.05) is 24.2 Å². The highest BCUT2D eigenvalue weighted by atomic mass is 79.9. The van der Waals surface area contributed by atoms with Gasteiger partial charge in [-0.25, -0.2) is 22.4 Å². The van der Waals surface area contributed by atoms with Gasteiger partial charge in [0.25, 0.3) is 0 Å². The fourth-order valence-corrected chi connectivity index (χ4v) is 5.12. The monoisotopic (exact) mass is 455 g/mol. The Labute approximate surface area is 167 Å². The van der Waals surface area contributed by atoms with E-state index < -0.39 is 10.0 Å². The number of nitrogens with one attached hydrogen (secondary N) is 1. The van der Waals surface area contributed by atoms with Crippen molar-refractivity contribution in [3.05, 3.63) is 35.3 Å². The van der Waals surface area contributed by atoms with E-state index in [0.29, 0.717) is 37.2 Å². The molecular weight excluding hydrogens is 434 g/mol. The van der Waals surface area contributed by atoms with Crippen LogP contribution in [0.5, 0.6) is 0 Å². The number of halogens is 1. The standard InChI is InChI=1S/C17H22BrN5O3S/c1-2-8-27(25,26)22-7-3-4-13(10-22)17(24)21-15-9-14(18)5-6-16(15)23-12-19-11-20-23/h5-6,9,11-13H,2-4,7-8,10H2,1H3,(H,21,24). The van der Waals surface area contributed by atoms with Gasteiger partial charge in [-0.1, -0.05) is 22.9 Å². The van der Waals surface area contributed by atoms with E-state index in [4.69, 9.17) is 0 Å². The number of hydrogen-bond acceptors (Lipinski definition) is 5. The molecule has 0 radical (unpaired) electrons. The molecule has 0 bridgehead atoms. The van der Waals surface area contributed by atoms with Gasteiger partial charge in [-0.2, -0.15) is 5.10 Å². The predicted molar refractivity (Wildman–Crippen MR) is 106 cm³/mol. The van der Waals surface area contributed by atoms with Crippen molar-refractivity contribution >= 4 is 37.5 Å². The van der Waals surface area contributed by atoms with Crippen molar-refractivity contribution in [3.8, 4) is 5.69 Å². The zero-order valence-corrected chi connectivity index (χ0v) is 17.4. The molecule has 1 aliphatic heterocycles. The second-order valence-corrected chi connectivity index (χ2v) is 9.51. The van der Waals surface area contributed by atoms with Crippen LogP contribution in [0.1, 0.15) is 26.2 Å². The van der Waals surface area contributed by atoms with E-state index in [0.717, 1.165) is 4.47 Å². The first-order valence-corrected chi connectivity index (χ1v) is 11.2. The normalized spacial score (nSPS) is 18.4. The Balaban J connectivity index is 1.77. The Morgan fingerprint density at radius 3 is 2.93 bits per heavy atom. The number of hydrogen-bond donors (Lipinski definition) is 1. The van der Waals surface area contributed by atoms with Gasteiger partial charge >= 0.3 is 0 Å². The van der Waals surface area contributed by atoms with Gasteiger partial charge in [0.05, 0.1) is 23.0 Å². The SMILES string of the molecule is CCCS(=O)(=O)N1CCCC(C(=O)Nc2cc(Br)ccc2-n2cncn2)C1. The summed E-state index contributed by atoms with van der Waals surface area (Å²) >= 11 is 3.41. The summed E-state index contributed by atoms with van der Waals surface area (Å²) < 4.78 is 28.5. The van der Waals surface area contributed by atoms with Gasteiger partial charge in [0.1, 0.15) is 12.7 Å². The van der Waals surface area contributed by atoms with E-state index >= 15 is 0 Å². The van der Waals surface area contributed by atoms with E-state index in [1.54, 1.807) is 17.1 Å². The minimum absolute atomic E-state index is 0.115. The lowest BCUT2D eigenvalue weighted by Crippen LogP contribution is -2.44. The van der Waals surface area contributed by atoms with E-state index in [1.165, 1.54) is 10.6 Å². The summed E-state index contributed by atoms with van der Waals surface area (Å²) in [5, 5.41) is 7.05. The van der Waals surface area contributed by atoms with Crippen molar-refractivity contribution in [1.29, 1.82) is 0 Å². The van der Waals surface area contributed by atoms with Crippen LogP contribution in [0, 0.1) is 5.92 Å². The van der Waals surface area contributed by atoms with Gasteiger partial charge in [-0.3, -0.25) is 4.79 Å². The topological polar surface area (TPSA) is 97.2 Å². The summed E-state index contributed by atoms with van der Waals surface area (Å²) in [5.41, 5.74) is 1.28. The highest BCUT2D eigenvalue weighted by Gasteiger charge is 2.32. The third-order valence-electron chi connectivity index (χ3n) is 4.49. The lowest BCUT2D eigenvalue weighted by Gasteiger charge is -2.31. The quantitative estimate of drug-likeness (QED) is 0.720. The summed E-state index contributed by atoms with van der Waals surface area (Å²) in [6, 6.07) is 5.48. The van der Waals surface area contributed by atoms with Crippen LogP contribution in [-0.4, -0.2) is 52.2 Å². The number of sulfonamides is 1. The molecule has 146 valence electrons. The minimum Gasteiger partial charge on any atom is -0.324 e. The number of piperidine rings is 1. The van der Waals surface area contributed by atoms with Crippen LogP contribution < -0.4 is 5.32 Å². The van der Waals surface area contributed by atoms with Crippen LogP contribution in [0.4, 0.5) is 5.69 Å². The maximum Gasteiger partial charge on any atom is 0.228 e. The largest absolute Gasteiger partial charge is 0.324 e. The molecule has 1 N–H and O–H groups in total. The molecule has 1 amide bonds. The second kappa shape index (κ2) is 8.49. The Bertz CT molecular complexity index is 901. The Kier molecular flexibility index (Phi) is 6.28.